The molecule has 0 aliphatic heterocycles. The van der Waals surface area contributed by atoms with E-state index in [-0.39, 0.29) is 5.75 Å². The molecule has 2 aromatic rings. The number of para-hydroxylation sites is 1. The van der Waals surface area contributed by atoms with Crippen molar-refractivity contribution < 1.29 is 14.6 Å². The van der Waals surface area contributed by atoms with E-state index >= 15 is 0 Å². The SMILES string of the molecule is COc1ccccc1C=Nn1c(SCC(=O)O)nnc1C1CCCCC1. The van der Waals surface area contributed by atoms with Crippen LogP contribution in [0.1, 0.15) is 49.4 Å². The van der Waals surface area contributed by atoms with Gasteiger partial charge in [-0.25, -0.2) is 0 Å². The van der Waals surface area contributed by atoms with E-state index in [9.17, 15) is 4.79 Å². The van der Waals surface area contributed by atoms with Crippen LogP contribution in [0.3, 0.4) is 0 Å². The van der Waals surface area contributed by atoms with E-state index in [1.54, 1.807) is 18.0 Å². The first-order valence-electron chi connectivity index (χ1n) is 8.66. The smallest absolute Gasteiger partial charge is 0.313 e. The molecule has 8 heteroatoms. The number of hydrogen-bond donors (Lipinski definition) is 1. The fraction of sp³-hybridized carbons (Fsp3) is 0.444. The Morgan fingerprint density at radius 3 is 2.85 bits per heavy atom. The third-order valence-corrected chi connectivity index (χ3v) is 5.29. The summed E-state index contributed by atoms with van der Waals surface area (Å²) in [6.07, 6.45) is 7.42. The van der Waals surface area contributed by atoms with Crippen molar-refractivity contribution in [3.05, 3.63) is 35.7 Å². The first-order chi connectivity index (χ1) is 12.7. The normalized spacial score (nSPS) is 15.4. The van der Waals surface area contributed by atoms with Crippen LogP contribution in [0.4, 0.5) is 0 Å². The summed E-state index contributed by atoms with van der Waals surface area (Å²) in [4.78, 5) is 10.9. The van der Waals surface area contributed by atoms with E-state index < -0.39 is 5.97 Å². The second kappa shape index (κ2) is 8.84. The van der Waals surface area contributed by atoms with Gasteiger partial charge in [-0.05, 0) is 25.0 Å². The summed E-state index contributed by atoms with van der Waals surface area (Å²) in [7, 11) is 1.62. The molecule has 1 saturated carbocycles. The first kappa shape index (κ1) is 18.4. The van der Waals surface area contributed by atoms with Gasteiger partial charge in [0.15, 0.2) is 5.82 Å². The molecule has 3 rings (SSSR count). The number of carboxylic acid groups (broad SMARTS) is 1. The van der Waals surface area contributed by atoms with Gasteiger partial charge in [0.2, 0.25) is 5.16 Å². The summed E-state index contributed by atoms with van der Waals surface area (Å²) in [6.45, 7) is 0. The molecule has 0 spiro atoms. The molecule has 1 aromatic carbocycles. The third kappa shape index (κ3) is 4.43. The second-order valence-corrected chi connectivity index (χ2v) is 7.10. The highest BCUT2D eigenvalue weighted by molar-refractivity contribution is 7.99. The Bertz CT molecular complexity index is 784. The molecular formula is C18H22N4O3S. The largest absolute Gasteiger partial charge is 0.496 e. The Balaban J connectivity index is 1.92. The summed E-state index contributed by atoms with van der Waals surface area (Å²) in [5.74, 6) is 0.877. The molecule has 0 amide bonds. The molecule has 1 aliphatic carbocycles. The number of nitrogens with zero attached hydrogens (tertiary/aromatic N) is 4. The zero-order valence-electron chi connectivity index (χ0n) is 14.7. The number of carboxylic acids is 1. The van der Waals surface area contributed by atoms with E-state index in [4.69, 9.17) is 9.84 Å². The quantitative estimate of drug-likeness (QED) is 0.590. The lowest BCUT2D eigenvalue weighted by Crippen LogP contribution is -2.11. The predicted octanol–water partition coefficient (Wildman–Crippen LogP) is 3.39. The maximum atomic E-state index is 10.9. The molecule has 1 fully saturated rings. The Labute approximate surface area is 156 Å². The number of methoxy groups -OCH3 is 1. The topological polar surface area (TPSA) is 89.6 Å². The van der Waals surface area contributed by atoms with Crippen molar-refractivity contribution in [2.75, 3.05) is 12.9 Å². The molecule has 0 bridgehead atoms. The number of aromatic nitrogens is 3. The molecule has 0 radical (unpaired) electrons. The minimum atomic E-state index is -0.891. The zero-order valence-corrected chi connectivity index (χ0v) is 15.5. The maximum Gasteiger partial charge on any atom is 0.313 e. The Kier molecular flexibility index (Phi) is 6.27. The van der Waals surface area contributed by atoms with Crippen molar-refractivity contribution in [2.45, 2.75) is 43.2 Å². The van der Waals surface area contributed by atoms with E-state index in [0.29, 0.717) is 11.1 Å². The molecule has 1 N–H and O–H groups in total. The fourth-order valence-corrected chi connectivity index (χ4v) is 3.72. The van der Waals surface area contributed by atoms with Gasteiger partial charge in [-0.1, -0.05) is 43.2 Å². The van der Waals surface area contributed by atoms with E-state index in [1.165, 1.54) is 19.3 Å². The van der Waals surface area contributed by atoms with Crippen molar-refractivity contribution in [1.29, 1.82) is 0 Å². The van der Waals surface area contributed by atoms with Crippen LogP contribution < -0.4 is 4.74 Å². The van der Waals surface area contributed by atoms with E-state index in [1.807, 2.05) is 24.3 Å². The number of ether oxygens (including phenoxy) is 1. The van der Waals surface area contributed by atoms with E-state index in [0.717, 1.165) is 41.7 Å². The summed E-state index contributed by atoms with van der Waals surface area (Å²) in [5.41, 5.74) is 0.840. The number of thioether (sulfide) groups is 1. The number of aliphatic carboxylic acids is 1. The molecule has 0 unspecified atom stereocenters. The molecule has 1 heterocycles. The van der Waals surface area contributed by atoms with Gasteiger partial charge >= 0.3 is 5.97 Å². The van der Waals surface area contributed by atoms with Crippen LogP contribution in [0.2, 0.25) is 0 Å². The van der Waals surface area contributed by atoms with Crippen LogP contribution in [0.5, 0.6) is 5.75 Å². The van der Waals surface area contributed by atoms with Gasteiger partial charge in [0, 0.05) is 11.5 Å². The summed E-state index contributed by atoms with van der Waals surface area (Å²) < 4.78 is 7.05. The van der Waals surface area contributed by atoms with Crippen LogP contribution in [-0.4, -0.2) is 45.0 Å². The van der Waals surface area contributed by atoms with Gasteiger partial charge in [-0.2, -0.15) is 9.78 Å². The molecule has 1 aromatic heterocycles. The minimum Gasteiger partial charge on any atom is -0.496 e. The minimum absolute atomic E-state index is 0.0764. The average molecular weight is 374 g/mol. The Morgan fingerprint density at radius 2 is 2.12 bits per heavy atom. The van der Waals surface area contributed by atoms with Crippen LogP contribution in [-0.2, 0) is 4.79 Å². The summed E-state index contributed by atoms with van der Waals surface area (Å²) in [5, 5.41) is 22.5. The Hall–Kier alpha value is -2.35. The Morgan fingerprint density at radius 1 is 1.35 bits per heavy atom. The summed E-state index contributed by atoms with van der Waals surface area (Å²) >= 11 is 1.13. The average Bonchev–Trinajstić information content (AvgIpc) is 3.08. The van der Waals surface area contributed by atoms with Gasteiger partial charge in [-0.15, -0.1) is 10.2 Å². The van der Waals surface area contributed by atoms with Crippen LogP contribution in [0.15, 0.2) is 34.5 Å². The van der Waals surface area contributed by atoms with E-state index in [2.05, 4.69) is 15.3 Å². The van der Waals surface area contributed by atoms with Crippen molar-refractivity contribution in [3.63, 3.8) is 0 Å². The standard InChI is InChI=1S/C18H22N4O3S/c1-25-15-10-6-5-9-14(15)11-19-22-17(13-7-3-2-4-8-13)20-21-18(22)26-12-16(23)24/h5-6,9-11,13H,2-4,7-8,12H2,1H3,(H,23,24). The fourth-order valence-electron chi connectivity index (χ4n) is 3.11. The van der Waals surface area contributed by atoms with Gasteiger partial charge in [0.1, 0.15) is 5.75 Å². The molecule has 7 nitrogen and oxygen atoms in total. The molecular weight excluding hydrogens is 352 g/mol. The molecule has 1 aliphatic rings. The number of benzene rings is 1. The maximum absolute atomic E-state index is 10.9. The van der Waals surface area contributed by atoms with Gasteiger partial charge in [0.05, 0.1) is 19.1 Å². The molecule has 26 heavy (non-hydrogen) atoms. The molecule has 138 valence electrons. The van der Waals surface area contributed by atoms with Crippen LogP contribution in [0, 0.1) is 0 Å². The van der Waals surface area contributed by atoms with Crippen molar-refractivity contribution in [1.82, 2.24) is 14.9 Å². The van der Waals surface area contributed by atoms with Crippen molar-refractivity contribution in [3.8, 4) is 5.75 Å². The lowest BCUT2D eigenvalue weighted by atomic mass is 9.89. The highest BCUT2D eigenvalue weighted by Gasteiger charge is 2.23. The second-order valence-electron chi connectivity index (χ2n) is 6.16. The van der Waals surface area contributed by atoms with Crippen molar-refractivity contribution >= 4 is 23.9 Å². The highest BCUT2D eigenvalue weighted by atomic mass is 32.2. The lowest BCUT2D eigenvalue weighted by Gasteiger charge is -2.20. The van der Waals surface area contributed by atoms with Gasteiger partial charge in [0.25, 0.3) is 0 Å². The number of carbonyl (C=O) groups is 1. The predicted molar refractivity (Wildman–Crippen MR) is 100 cm³/mol. The number of hydrogen-bond acceptors (Lipinski definition) is 6. The molecule has 0 saturated heterocycles. The lowest BCUT2D eigenvalue weighted by molar-refractivity contribution is -0.133. The van der Waals surface area contributed by atoms with Crippen LogP contribution in [0.25, 0.3) is 0 Å². The summed E-state index contributed by atoms with van der Waals surface area (Å²) in [6, 6.07) is 7.60. The third-order valence-electron chi connectivity index (χ3n) is 4.38. The molecule has 0 atom stereocenters. The number of rotatable bonds is 7. The highest BCUT2D eigenvalue weighted by Crippen LogP contribution is 2.33. The zero-order chi connectivity index (χ0) is 18.4. The monoisotopic (exact) mass is 374 g/mol. The van der Waals surface area contributed by atoms with Gasteiger partial charge in [-0.3, -0.25) is 4.79 Å². The van der Waals surface area contributed by atoms with Gasteiger partial charge < -0.3 is 9.84 Å². The van der Waals surface area contributed by atoms with Crippen LogP contribution >= 0.6 is 11.8 Å². The van der Waals surface area contributed by atoms with Crippen molar-refractivity contribution in [2.24, 2.45) is 5.10 Å². The first-order valence-corrected chi connectivity index (χ1v) is 9.65.